The lowest BCUT2D eigenvalue weighted by molar-refractivity contribution is -0.136. The van der Waals surface area contributed by atoms with E-state index in [1.54, 1.807) is 6.20 Å². The highest BCUT2D eigenvalue weighted by atomic mass is 16.5. The molecule has 16 heteroatoms. The summed E-state index contributed by atoms with van der Waals surface area (Å²) < 4.78 is 9.61. The van der Waals surface area contributed by atoms with E-state index in [0.717, 1.165) is 83.5 Å². The summed E-state index contributed by atoms with van der Waals surface area (Å²) in [7, 11) is 4.82. The van der Waals surface area contributed by atoms with Crippen LogP contribution in [-0.4, -0.2) is 110 Å². The number of hydrogen-bond acceptors (Lipinski definition) is 10. The summed E-state index contributed by atoms with van der Waals surface area (Å²) >= 11 is 0. The summed E-state index contributed by atoms with van der Waals surface area (Å²) in [5.41, 5.74) is 10.5. The van der Waals surface area contributed by atoms with Crippen LogP contribution >= 0.6 is 0 Å². The number of nitrogens with one attached hydrogen (secondary N) is 4. The van der Waals surface area contributed by atoms with Gasteiger partial charge in [-0.2, -0.15) is 0 Å². The summed E-state index contributed by atoms with van der Waals surface area (Å²) in [6.07, 6.45) is 7.86. The molecule has 3 aromatic heterocycles. The summed E-state index contributed by atoms with van der Waals surface area (Å²) in [5.74, 6) is 0.956. The van der Waals surface area contributed by atoms with Crippen LogP contribution < -0.4 is 10.6 Å². The molecule has 9 rings (SSSR count). The molecule has 7 heterocycles. The first kappa shape index (κ1) is 43.0. The Morgan fingerprint density at radius 2 is 1.25 bits per heavy atom. The number of aromatic amines is 2. The summed E-state index contributed by atoms with van der Waals surface area (Å²) in [6.45, 7) is 8.82. The predicted octanol–water partition coefficient (Wildman–Crippen LogP) is 7.59. The predicted molar refractivity (Wildman–Crippen MR) is 241 cm³/mol. The van der Waals surface area contributed by atoms with Crippen LogP contribution in [0.25, 0.3) is 44.7 Å². The Balaban J connectivity index is 0.962. The van der Waals surface area contributed by atoms with Crippen molar-refractivity contribution in [2.45, 2.75) is 102 Å². The fourth-order valence-electron chi connectivity index (χ4n) is 10.6. The van der Waals surface area contributed by atoms with Gasteiger partial charge >= 0.3 is 12.2 Å². The third kappa shape index (κ3) is 7.64. The van der Waals surface area contributed by atoms with E-state index >= 15 is 0 Å². The van der Waals surface area contributed by atoms with Crippen molar-refractivity contribution in [3.63, 3.8) is 0 Å². The number of carbonyl (C=O) groups is 4. The molecule has 4 N–H and O–H groups in total. The van der Waals surface area contributed by atoms with E-state index in [0.29, 0.717) is 31.0 Å². The van der Waals surface area contributed by atoms with Gasteiger partial charge in [-0.05, 0) is 104 Å². The fraction of sp³-hybridized carbons (Fsp3) is 0.479. The number of alkyl carbamates (subject to hydrolysis) is 2. The number of carbonyl (C=O) groups excluding carboxylic acids is 4. The minimum atomic E-state index is -0.699. The minimum absolute atomic E-state index is 0.113. The van der Waals surface area contributed by atoms with Crippen molar-refractivity contribution in [2.75, 3.05) is 34.4 Å². The number of hydrogen-bond donors (Lipinski definition) is 4. The molecule has 2 unspecified atom stereocenters. The second-order valence-corrected chi connectivity index (χ2v) is 18.3. The molecule has 16 nitrogen and oxygen atoms in total. The first-order valence-electron chi connectivity index (χ1n) is 22.6. The largest absolute Gasteiger partial charge is 0.453 e. The van der Waals surface area contributed by atoms with E-state index in [1.165, 1.54) is 30.9 Å². The van der Waals surface area contributed by atoms with E-state index in [9.17, 15) is 19.2 Å². The molecule has 0 spiro atoms. The first-order chi connectivity index (χ1) is 30.9. The van der Waals surface area contributed by atoms with Gasteiger partial charge in [0.05, 0.1) is 54.9 Å². The number of likely N-dealkylation sites (tertiary alicyclic amines) is 2. The number of rotatable bonds is 11. The van der Waals surface area contributed by atoms with Crippen molar-refractivity contribution < 1.29 is 28.7 Å². The Morgan fingerprint density at radius 3 is 1.83 bits per heavy atom. The van der Waals surface area contributed by atoms with Gasteiger partial charge in [0.15, 0.2) is 0 Å². The van der Waals surface area contributed by atoms with E-state index in [1.807, 2.05) is 43.7 Å². The molecule has 3 saturated heterocycles. The lowest BCUT2D eigenvalue weighted by Crippen LogP contribution is -2.51. The molecule has 0 aliphatic carbocycles. The minimum Gasteiger partial charge on any atom is -0.453 e. The molecule has 4 amide bonds. The molecular formula is C48H58N10O6. The van der Waals surface area contributed by atoms with Gasteiger partial charge in [-0.1, -0.05) is 45.9 Å². The normalized spacial score (nSPS) is 21.5. The average molecular weight is 871 g/mol. The van der Waals surface area contributed by atoms with Crippen LogP contribution in [0.3, 0.4) is 0 Å². The Bertz CT molecular complexity index is 2580. The number of methoxy groups -OCH3 is 2. The molecular weight excluding hydrogens is 813 g/mol. The Labute approximate surface area is 372 Å². The zero-order valence-electron chi connectivity index (χ0n) is 37.6. The molecule has 0 radical (unpaired) electrons. The average Bonchev–Trinajstić information content (AvgIpc) is 4.17. The monoisotopic (exact) mass is 870 g/mol. The van der Waals surface area contributed by atoms with Crippen molar-refractivity contribution in [3.05, 3.63) is 77.6 Å². The van der Waals surface area contributed by atoms with E-state index < -0.39 is 24.3 Å². The zero-order valence-corrected chi connectivity index (χ0v) is 37.6. The van der Waals surface area contributed by atoms with Gasteiger partial charge in [-0.15, -0.1) is 0 Å². The van der Waals surface area contributed by atoms with Crippen LogP contribution in [0.4, 0.5) is 9.59 Å². The van der Waals surface area contributed by atoms with Gasteiger partial charge in [0.25, 0.3) is 0 Å². The first-order valence-corrected chi connectivity index (χ1v) is 22.6. The number of ether oxygens (including phenoxy) is 2. The molecule has 64 heavy (non-hydrogen) atoms. The van der Waals surface area contributed by atoms with E-state index in [-0.39, 0.29) is 35.7 Å². The molecule has 4 aliphatic rings. The van der Waals surface area contributed by atoms with E-state index in [2.05, 4.69) is 75.0 Å². The summed E-state index contributed by atoms with van der Waals surface area (Å²) in [6, 6.07) is 13.7. The molecule has 0 saturated carbocycles. The lowest BCUT2D eigenvalue weighted by Gasteiger charge is -2.30. The van der Waals surface area contributed by atoms with Crippen LogP contribution in [0.2, 0.25) is 0 Å². The van der Waals surface area contributed by atoms with Crippen molar-refractivity contribution >= 4 is 35.0 Å². The van der Waals surface area contributed by atoms with Crippen molar-refractivity contribution in [1.82, 2.24) is 50.3 Å². The second-order valence-electron chi connectivity index (χ2n) is 18.3. The van der Waals surface area contributed by atoms with Crippen LogP contribution in [0.15, 0.2) is 54.9 Å². The molecule has 336 valence electrons. The maximum Gasteiger partial charge on any atom is 0.407 e. The SMILES string of the molecule is COC(=O)N[C@H](C(=O)N1CCC[C@H]1c1ncc(-c2ccc(-c3ccc(-c4ccc5nc([C@@H]6CCCN6C(=O)[C@@H](NC(=O)OC)C(C)C)[nH]c5c4)c4c3C3CCC4N3C)nc2)[nH]1)C(C)C. The topological polar surface area (TPSA) is 191 Å². The van der Waals surface area contributed by atoms with Gasteiger partial charge in [0.2, 0.25) is 11.8 Å². The third-order valence-electron chi connectivity index (χ3n) is 13.9. The molecule has 6 atom stereocenters. The van der Waals surface area contributed by atoms with Crippen molar-refractivity contribution in [2.24, 2.45) is 11.8 Å². The number of amides is 4. The highest BCUT2D eigenvalue weighted by molar-refractivity contribution is 5.88. The van der Waals surface area contributed by atoms with E-state index in [4.69, 9.17) is 24.4 Å². The Kier molecular flexibility index (Phi) is 11.7. The van der Waals surface area contributed by atoms with Crippen LogP contribution in [-0.2, 0) is 19.1 Å². The maximum atomic E-state index is 13.8. The van der Waals surface area contributed by atoms with Gasteiger partial charge < -0.3 is 39.9 Å². The third-order valence-corrected chi connectivity index (χ3v) is 13.9. The quantitative estimate of drug-likeness (QED) is 0.103. The molecule has 4 aliphatic heterocycles. The fourth-order valence-corrected chi connectivity index (χ4v) is 10.6. The number of imidazole rings is 2. The Morgan fingerprint density at radius 1 is 0.672 bits per heavy atom. The summed E-state index contributed by atoms with van der Waals surface area (Å²) in [4.78, 5) is 79.6. The van der Waals surface area contributed by atoms with Crippen LogP contribution in [0.5, 0.6) is 0 Å². The smallest absolute Gasteiger partial charge is 0.407 e. The summed E-state index contributed by atoms with van der Waals surface area (Å²) in [5, 5.41) is 5.45. The number of H-pyrrole nitrogens is 2. The van der Waals surface area contributed by atoms with Crippen LogP contribution in [0.1, 0.15) is 113 Å². The lowest BCUT2D eigenvalue weighted by atomic mass is 9.82. The van der Waals surface area contributed by atoms with Gasteiger partial charge in [0, 0.05) is 42.5 Å². The number of aromatic nitrogens is 5. The highest BCUT2D eigenvalue weighted by Gasteiger charge is 2.45. The zero-order chi connectivity index (χ0) is 45.0. The molecule has 2 bridgehead atoms. The second kappa shape index (κ2) is 17.4. The highest BCUT2D eigenvalue weighted by Crippen LogP contribution is 2.57. The van der Waals surface area contributed by atoms with Crippen molar-refractivity contribution in [1.29, 1.82) is 0 Å². The van der Waals surface area contributed by atoms with Gasteiger partial charge in [-0.25, -0.2) is 19.6 Å². The van der Waals surface area contributed by atoms with Gasteiger partial charge in [-0.3, -0.25) is 19.5 Å². The number of pyridine rings is 1. The number of benzene rings is 2. The number of nitrogens with zero attached hydrogens (tertiary/aromatic N) is 6. The Hall–Kier alpha value is -6.29. The maximum absolute atomic E-state index is 13.8. The molecule has 5 aromatic rings. The standard InChI is InChI=1S/C48H58N10O6/c1-25(2)41(54-47(61)63-6)45(59)57-20-8-10-37(57)43-50-24-34(53-43)28-13-16-31(49-23-28)30-15-14-29(39-35-18-19-36(40(30)39)56(35)5)27-12-17-32-33(22-27)52-44(51-32)38-11-9-21-58(38)46(60)42(26(3)4)55-48(62)64-7/h12-17,22-26,35-38,41-42H,8-11,18-21H2,1-7H3,(H,50,53)(H,51,52)(H,54,61)(H,55,62)/t35?,36?,37-,38-,41-,42-/m0/s1. The number of fused-ring (bicyclic) bond motifs is 6. The van der Waals surface area contributed by atoms with Crippen LogP contribution in [0, 0.1) is 11.8 Å². The van der Waals surface area contributed by atoms with Gasteiger partial charge in [0.1, 0.15) is 23.7 Å². The van der Waals surface area contributed by atoms with Crippen molar-refractivity contribution in [3.8, 4) is 33.6 Å². The molecule has 3 fully saturated rings. The molecule has 2 aromatic carbocycles.